The molecule has 0 radical (unpaired) electrons. The van der Waals surface area contributed by atoms with E-state index < -0.39 is 12.0 Å². The number of carboxylic acids is 1. The molecule has 1 rings (SSSR count). The molecule has 4 nitrogen and oxygen atoms in total. The van der Waals surface area contributed by atoms with Crippen LogP contribution in [-0.2, 0) is 9.59 Å². The quantitative estimate of drug-likeness (QED) is 0.838. The number of aryl methyl sites for hydroxylation is 2. The molecule has 1 atom stereocenters. The van der Waals surface area contributed by atoms with E-state index in [4.69, 9.17) is 5.11 Å². The number of rotatable bonds is 4. The number of aliphatic carboxylic acids is 1. The van der Waals surface area contributed by atoms with E-state index in [0.717, 1.165) is 16.7 Å². The van der Waals surface area contributed by atoms with Gasteiger partial charge in [0.2, 0.25) is 5.91 Å². The zero-order valence-electron chi connectivity index (χ0n) is 10.3. The van der Waals surface area contributed by atoms with Crippen molar-refractivity contribution in [3.63, 3.8) is 0 Å². The predicted molar refractivity (Wildman–Crippen MR) is 64.7 cm³/mol. The van der Waals surface area contributed by atoms with Crippen molar-refractivity contribution in [2.45, 2.75) is 33.2 Å². The standard InChI is InChI=1S/C13H17NO3/c1-8-5-4-6-9(2)13(8)11(7-12(16)17)14-10(3)15/h4-6,11H,7H2,1-3H3,(H,14,15)(H,16,17)/t11-/m0/s1. The predicted octanol–water partition coefficient (Wildman–Crippen LogP) is 1.96. The Morgan fingerprint density at radius 3 is 2.24 bits per heavy atom. The van der Waals surface area contributed by atoms with Crippen molar-refractivity contribution in [1.82, 2.24) is 5.32 Å². The maximum absolute atomic E-state index is 11.1. The summed E-state index contributed by atoms with van der Waals surface area (Å²) in [4.78, 5) is 22.0. The number of carboxylic acid groups (broad SMARTS) is 1. The number of hydrogen-bond donors (Lipinski definition) is 2. The first-order chi connectivity index (χ1) is 7.91. The van der Waals surface area contributed by atoms with Gasteiger partial charge >= 0.3 is 5.97 Å². The van der Waals surface area contributed by atoms with E-state index in [0.29, 0.717) is 0 Å². The lowest BCUT2D eigenvalue weighted by Crippen LogP contribution is -2.29. The molecule has 0 aromatic heterocycles. The van der Waals surface area contributed by atoms with E-state index >= 15 is 0 Å². The second-order valence-electron chi connectivity index (χ2n) is 4.16. The highest BCUT2D eigenvalue weighted by atomic mass is 16.4. The number of carbonyl (C=O) groups is 2. The molecule has 17 heavy (non-hydrogen) atoms. The average Bonchev–Trinajstić information content (AvgIpc) is 2.14. The number of amides is 1. The van der Waals surface area contributed by atoms with Gasteiger partial charge in [0.15, 0.2) is 0 Å². The summed E-state index contributed by atoms with van der Waals surface area (Å²) in [5.41, 5.74) is 2.88. The van der Waals surface area contributed by atoms with Crippen molar-refractivity contribution in [3.8, 4) is 0 Å². The zero-order chi connectivity index (χ0) is 13.0. The SMILES string of the molecule is CC(=O)N[C@@H](CC(=O)O)c1c(C)cccc1C. The molecule has 1 aromatic rings. The fraction of sp³-hybridized carbons (Fsp3) is 0.385. The van der Waals surface area contributed by atoms with E-state index in [1.807, 2.05) is 32.0 Å². The van der Waals surface area contributed by atoms with Crippen LogP contribution >= 0.6 is 0 Å². The van der Waals surface area contributed by atoms with E-state index in [-0.39, 0.29) is 12.3 Å². The Hall–Kier alpha value is -1.84. The third-order valence-electron chi connectivity index (χ3n) is 2.65. The van der Waals surface area contributed by atoms with Crippen LogP contribution in [0.5, 0.6) is 0 Å². The monoisotopic (exact) mass is 235 g/mol. The lowest BCUT2D eigenvalue weighted by molar-refractivity contribution is -0.137. The van der Waals surface area contributed by atoms with Crippen molar-refractivity contribution < 1.29 is 14.7 Å². The molecule has 4 heteroatoms. The highest BCUT2D eigenvalue weighted by Gasteiger charge is 2.19. The van der Waals surface area contributed by atoms with Crippen LogP contribution in [0.4, 0.5) is 0 Å². The molecule has 92 valence electrons. The molecule has 0 fully saturated rings. The molecule has 0 heterocycles. The van der Waals surface area contributed by atoms with Crippen LogP contribution in [0.25, 0.3) is 0 Å². The Bertz CT molecular complexity index is 404. The van der Waals surface area contributed by atoms with Crippen LogP contribution in [0.15, 0.2) is 18.2 Å². The smallest absolute Gasteiger partial charge is 0.305 e. The highest BCUT2D eigenvalue weighted by Crippen LogP contribution is 2.24. The summed E-state index contributed by atoms with van der Waals surface area (Å²) in [6.07, 6.45) is -0.106. The summed E-state index contributed by atoms with van der Waals surface area (Å²) in [6, 6.07) is 5.28. The normalized spacial score (nSPS) is 11.9. The van der Waals surface area contributed by atoms with Gasteiger partial charge in [-0.15, -0.1) is 0 Å². The Morgan fingerprint density at radius 2 is 1.82 bits per heavy atom. The van der Waals surface area contributed by atoms with Crippen molar-refractivity contribution in [1.29, 1.82) is 0 Å². The Balaban J connectivity index is 3.11. The molecule has 0 aliphatic carbocycles. The van der Waals surface area contributed by atoms with Crippen molar-refractivity contribution in [2.24, 2.45) is 0 Å². The molecule has 1 amide bonds. The average molecular weight is 235 g/mol. The topological polar surface area (TPSA) is 66.4 Å². The summed E-state index contributed by atoms with van der Waals surface area (Å²) < 4.78 is 0. The van der Waals surface area contributed by atoms with Crippen LogP contribution in [-0.4, -0.2) is 17.0 Å². The summed E-state index contributed by atoms with van der Waals surface area (Å²) in [6.45, 7) is 5.22. The lowest BCUT2D eigenvalue weighted by atomic mass is 9.94. The van der Waals surface area contributed by atoms with Gasteiger partial charge in [-0.3, -0.25) is 9.59 Å². The number of nitrogens with one attached hydrogen (secondary N) is 1. The second-order valence-corrected chi connectivity index (χ2v) is 4.16. The summed E-state index contributed by atoms with van der Waals surface area (Å²) in [7, 11) is 0. The highest BCUT2D eigenvalue weighted by molar-refractivity contribution is 5.75. The molecule has 1 aromatic carbocycles. The first kappa shape index (κ1) is 13.2. The Morgan fingerprint density at radius 1 is 1.29 bits per heavy atom. The Kier molecular flexibility index (Phi) is 4.26. The molecule has 0 saturated heterocycles. The van der Waals surface area contributed by atoms with E-state index in [2.05, 4.69) is 5.32 Å². The van der Waals surface area contributed by atoms with Crippen molar-refractivity contribution in [3.05, 3.63) is 34.9 Å². The lowest BCUT2D eigenvalue weighted by Gasteiger charge is -2.20. The minimum absolute atomic E-state index is 0.106. The molecule has 2 N–H and O–H groups in total. The van der Waals surface area contributed by atoms with Gasteiger partial charge in [-0.25, -0.2) is 0 Å². The molecule has 0 bridgehead atoms. The van der Waals surface area contributed by atoms with Crippen molar-refractivity contribution >= 4 is 11.9 Å². The van der Waals surface area contributed by atoms with Gasteiger partial charge in [0.1, 0.15) is 0 Å². The molecular formula is C13H17NO3. The molecule has 0 spiro atoms. The van der Waals surface area contributed by atoms with E-state index in [1.54, 1.807) is 0 Å². The number of carbonyl (C=O) groups excluding carboxylic acids is 1. The summed E-state index contributed by atoms with van der Waals surface area (Å²) in [5, 5.41) is 11.6. The first-order valence-corrected chi connectivity index (χ1v) is 5.47. The van der Waals surface area contributed by atoms with Crippen LogP contribution < -0.4 is 5.32 Å². The third-order valence-corrected chi connectivity index (χ3v) is 2.65. The fourth-order valence-corrected chi connectivity index (χ4v) is 2.02. The van der Waals surface area contributed by atoms with Gasteiger partial charge in [-0.2, -0.15) is 0 Å². The summed E-state index contributed by atoms with van der Waals surface area (Å²) in [5.74, 6) is -1.15. The van der Waals surface area contributed by atoms with Gasteiger partial charge < -0.3 is 10.4 Å². The molecule has 0 saturated carbocycles. The minimum atomic E-state index is -0.925. The zero-order valence-corrected chi connectivity index (χ0v) is 10.3. The van der Waals surface area contributed by atoms with Crippen LogP contribution in [0.2, 0.25) is 0 Å². The minimum Gasteiger partial charge on any atom is -0.481 e. The largest absolute Gasteiger partial charge is 0.481 e. The maximum Gasteiger partial charge on any atom is 0.305 e. The van der Waals surface area contributed by atoms with Gasteiger partial charge in [0.25, 0.3) is 0 Å². The maximum atomic E-state index is 11.1. The first-order valence-electron chi connectivity index (χ1n) is 5.47. The van der Waals surface area contributed by atoms with Gasteiger partial charge in [-0.1, -0.05) is 18.2 Å². The van der Waals surface area contributed by atoms with Crippen LogP contribution in [0, 0.1) is 13.8 Å². The van der Waals surface area contributed by atoms with Gasteiger partial charge in [0.05, 0.1) is 12.5 Å². The number of benzene rings is 1. The van der Waals surface area contributed by atoms with Crippen molar-refractivity contribution in [2.75, 3.05) is 0 Å². The third kappa shape index (κ3) is 3.59. The molecular weight excluding hydrogens is 218 g/mol. The van der Waals surface area contributed by atoms with Gasteiger partial charge in [0, 0.05) is 6.92 Å². The van der Waals surface area contributed by atoms with Crippen LogP contribution in [0.3, 0.4) is 0 Å². The molecule has 0 unspecified atom stereocenters. The molecule has 0 aliphatic rings. The summed E-state index contributed by atoms with van der Waals surface area (Å²) >= 11 is 0. The fourth-order valence-electron chi connectivity index (χ4n) is 2.02. The number of hydrogen-bond acceptors (Lipinski definition) is 2. The Labute approximate surface area is 101 Å². The van der Waals surface area contributed by atoms with Crippen LogP contribution in [0.1, 0.15) is 36.1 Å². The second kappa shape index (κ2) is 5.48. The van der Waals surface area contributed by atoms with Gasteiger partial charge in [-0.05, 0) is 30.5 Å². The van der Waals surface area contributed by atoms with E-state index in [9.17, 15) is 9.59 Å². The van der Waals surface area contributed by atoms with E-state index in [1.165, 1.54) is 6.92 Å². The molecule has 0 aliphatic heterocycles.